The van der Waals surface area contributed by atoms with Gasteiger partial charge in [-0.25, -0.2) is 5.84 Å². The molecule has 1 heterocycles. The zero-order valence-electron chi connectivity index (χ0n) is 12.1. The Labute approximate surface area is 118 Å². The molecule has 5 N–H and O–H groups in total. The van der Waals surface area contributed by atoms with Gasteiger partial charge in [-0.1, -0.05) is 0 Å². The molecule has 0 saturated heterocycles. The number of aliphatic hydroxyl groups is 1. The number of hydrogen-bond donors (Lipinski definition) is 4. The molecule has 1 aromatic heterocycles. The minimum atomic E-state index is -0.298. The zero-order valence-corrected chi connectivity index (χ0v) is 12.1. The highest BCUT2D eigenvalue weighted by Gasteiger charge is 2.37. The van der Waals surface area contributed by atoms with Crippen molar-refractivity contribution in [3.63, 3.8) is 0 Å². The predicted octanol–water partition coefficient (Wildman–Crippen LogP) is 0.330. The highest BCUT2D eigenvalue weighted by Crippen LogP contribution is 2.34. The third-order valence-corrected chi connectivity index (χ3v) is 3.79. The number of aromatic nitrogens is 3. The summed E-state index contributed by atoms with van der Waals surface area (Å²) in [5, 5.41) is 12.7. The number of anilines is 3. The van der Waals surface area contributed by atoms with Crippen LogP contribution in [0, 0.1) is 0 Å². The van der Waals surface area contributed by atoms with E-state index in [1.165, 1.54) is 0 Å². The van der Waals surface area contributed by atoms with Gasteiger partial charge in [0.25, 0.3) is 0 Å². The van der Waals surface area contributed by atoms with E-state index in [-0.39, 0.29) is 12.1 Å². The topological polar surface area (TPSA) is 112 Å². The second-order valence-electron chi connectivity index (χ2n) is 5.02. The average molecular weight is 281 g/mol. The van der Waals surface area contributed by atoms with Gasteiger partial charge in [-0.3, -0.25) is 5.43 Å². The maximum Gasteiger partial charge on any atom is 0.243 e. The van der Waals surface area contributed by atoms with Crippen molar-refractivity contribution in [3.8, 4) is 0 Å². The van der Waals surface area contributed by atoms with E-state index in [2.05, 4.69) is 25.7 Å². The third-order valence-electron chi connectivity index (χ3n) is 3.79. The molecule has 0 radical (unpaired) electrons. The van der Waals surface area contributed by atoms with Crippen LogP contribution in [0.4, 0.5) is 17.8 Å². The molecule has 112 valence electrons. The van der Waals surface area contributed by atoms with Crippen molar-refractivity contribution in [1.29, 1.82) is 0 Å². The van der Waals surface area contributed by atoms with Crippen molar-refractivity contribution >= 4 is 17.8 Å². The molecule has 0 bridgehead atoms. The standard InChI is InChI=1S/C12H23N7O/c1-3-19(4-2)11-15-9(14-10(16-11)18-13)17-12(8-20)6-5-7-12/h20H,3-8,13H2,1-2H3,(H2,14,15,16,17,18). The molecule has 8 heteroatoms. The first-order chi connectivity index (χ1) is 9.66. The van der Waals surface area contributed by atoms with Crippen LogP contribution in [0.3, 0.4) is 0 Å². The van der Waals surface area contributed by atoms with E-state index in [9.17, 15) is 5.11 Å². The first-order valence-corrected chi connectivity index (χ1v) is 7.03. The van der Waals surface area contributed by atoms with Crippen molar-refractivity contribution in [2.45, 2.75) is 38.6 Å². The summed E-state index contributed by atoms with van der Waals surface area (Å²) in [6.07, 6.45) is 2.94. The quantitative estimate of drug-likeness (QED) is 0.418. The number of aliphatic hydroxyl groups excluding tert-OH is 1. The van der Waals surface area contributed by atoms with Crippen LogP contribution in [0.15, 0.2) is 0 Å². The van der Waals surface area contributed by atoms with Crippen LogP contribution in [0.2, 0.25) is 0 Å². The summed E-state index contributed by atoms with van der Waals surface area (Å²) in [5.41, 5.74) is 2.16. The summed E-state index contributed by atoms with van der Waals surface area (Å²) >= 11 is 0. The van der Waals surface area contributed by atoms with Crippen LogP contribution in [0.5, 0.6) is 0 Å². The Bertz CT molecular complexity index is 440. The SMILES string of the molecule is CCN(CC)c1nc(NN)nc(NC2(CO)CCC2)n1. The minimum absolute atomic E-state index is 0.0741. The van der Waals surface area contributed by atoms with Gasteiger partial charge in [0, 0.05) is 13.1 Å². The number of nitrogens with zero attached hydrogens (tertiary/aromatic N) is 4. The van der Waals surface area contributed by atoms with Crippen LogP contribution >= 0.6 is 0 Å². The number of nitrogens with one attached hydrogen (secondary N) is 2. The fourth-order valence-electron chi connectivity index (χ4n) is 2.30. The van der Waals surface area contributed by atoms with Gasteiger partial charge in [-0.15, -0.1) is 0 Å². The zero-order chi connectivity index (χ0) is 14.6. The number of hydrogen-bond acceptors (Lipinski definition) is 8. The first-order valence-electron chi connectivity index (χ1n) is 7.03. The van der Waals surface area contributed by atoms with Crippen molar-refractivity contribution < 1.29 is 5.11 Å². The van der Waals surface area contributed by atoms with Crippen LogP contribution in [-0.2, 0) is 0 Å². The Kier molecular flexibility index (Phi) is 4.56. The van der Waals surface area contributed by atoms with E-state index in [1.807, 2.05) is 18.7 Å². The number of nitrogen functional groups attached to an aromatic ring is 1. The lowest BCUT2D eigenvalue weighted by Gasteiger charge is -2.41. The summed E-state index contributed by atoms with van der Waals surface area (Å²) in [6.45, 7) is 5.75. The molecule has 2 rings (SSSR count). The average Bonchev–Trinajstić information content (AvgIpc) is 2.44. The molecule has 1 aliphatic rings. The van der Waals surface area contributed by atoms with Gasteiger partial charge in [-0.05, 0) is 33.1 Å². The van der Waals surface area contributed by atoms with Crippen LogP contribution < -0.4 is 21.5 Å². The largest absolute Gasteiger partial charge is 0.394 e. The van der Waals surface area contributed by atoms with E-state index in [0.29, 0.717) is 17.8 Å². The Balaban J connectivity index is 2.25. The molecular formula is C12H23N7O. The molecule has 0 atom stereocenters. The molecule has 0 unspecified atom stereocenters. The van der Waals surface area contributed by atoms with Crippen molar-refractivity contribution in [2.75, 3.05) is 35.3 Å². The summed E-state index contributed by atoms with van der Waals surface area (Å²) < 4.78 is 0. The summed E-state index contributed by atoms with van der Waals surface area (Å²) in [5.74, 6) is 6.76. The van der Waals surface area contributed by atoms with E-state index in [4.69, 9.17) is 5.84 Å². The number of nitrogens with two attached hydrogens (primary N) is 1. The summed E-state index contributed by atoms with van der Waals surface area (Å²) in [7, 11) is 0. The fraction of sp³-hybridized carbons (Fsp3) is 0.750. The Morgan fingerprint density at radius 1 is 1.20 bits per heavy atom. The normalized spacial score (nSPS) is 16.4. The maximum atomic E-state index is 9.51. The van der Waals surface area contributed by atoms with Crippen molar-refractivity contribution in [1.82, 2.24) is 15.0 Å². The number of rotatable bonds is 7. The second-order valence-corrected chi connectivity index (χ2v) is 5.02. The molecule has 1 aliphatic carbocycles. The molecule has 0 spiro atoms. The van der Waals surface area contributed by atoms with Gasteiger partial charge < -0.3 is 15.3 Å². The lowest BCUT2D eigenvalue weighted by molar-refractivity contribution is 0.143. The van der Waals surface area contributed by atoms with Gasteiger partial charge in [0.05, 0.1) is 12.1 Å². The Morgan fingerprint density at radius 2 is 1.85 bits per heavy atom. The predicted molar refractivity (Wildman–Crippen MR) is 78.5 cm³/mol. The van der Waals surface area contributed by atoms with Gasteiger partial charge in [0.2, 0.25) is 17.8 Å². The van der Waals surface area contributed by atoms with Crippen molar-refractivity contribution in [3.05, 3.63) is 0 Å². The monoisotopic (exact) mass is 281 g/mol. The first kappa shape index (κ1) is 14.7. The molecule has 1 fully saturated rings. The molecular weight excluding hydrogens is 258 g/mol. The molecule has 0 aliphatic heterocycles. The van der Waals surface area contributed by atoms with Gasteiger partial charge in [0.1, 0.15) is 0 Å². The maximum absolute atomic E-state index is 9.51. The molecule has 20 heavy (non-hydrogen) atoms. The molecule has 8 nitrogen and oxygen atoms in total. The van der Waals surface area contributed by atoms with E-state index in [1.54, 1.807) is 0 Å². The van der Waals surface area contributed by atoms with Crippen LogP contribution in [0.1, 0.15) is 33.1 Å². The smallest absolute Gasteiger partial charge is 0.243 e. The van der Waals surface area contributed by atoms with Gasteiger partial charge in [-0.2, -0.15) is 15.0 Å². The molecule has 1 saturated carbocycles. The Morgan fingerprint density at radius 3 is 2.30 bits per heavy atom. The van der Waals surface area contributed by atoms with Crippen molar-refractivity contribution in [2.24, 2.45) is 5.84 Å². The van der Waals surface area contributed by atoms with E-state index in [0.717, 1.165) is 32.4 Å². The fourth-order valence-corrected chi connectivity index (χ4v) is 2.30. The molecule has 1 aromatic rings. The lowest BCUT2D eigenvalue weighted by atomic mass is 9.77. The Hall–Kier alpha value is -1.67. The summed E-state index contributed by atoms with van der Waals surface area (Å²) in [4.78, 5) is 14.9. The minimum Gasteiger partial charge on any atom is -0.394 e. The second kappa shape index (κ2) is 6.19. The van der Waals surface area contributed by atoms with E-state index < -0.39 is 0 Å². The number of hydrazine groups is 1. The molecule has 0 aromatic carbocycles. The third kappa shape index (κ3) is 2.91. The van der Waals surface area contributed by atoms with Crippen LogP contribution in [-0.4, -0.2) is 45.3 Å². The molecule has 0 amide bonds. The highest BCUT2D eigenvalue weighted by atomic mass is 16.3. The summed E-state index contributed by atoms with van der Waals surface area (Å²) in [6, 6.07) is 0. The highest BCUT2D eigenvalue weighted by molar-refractivity contribution is 5.44. The van der Waals surface area contributed by atoms with Crippen LogP contribution in [0.25, 0.3) is 0 Å². The van der Waals surface area contributed by atoms with Gasteiger partial charge >= 0.3 is 0 Å². The van der Waals surface area contributed by atoms with E-state index >= 15 is 0 Å². The van der Waals surface area contributed by atoms with Gasteiger partial charge in [0.15, 0.2) is 0 Å². The lowest BCUT2D eigenvalue weighted by Crippen LogP contribution is -2.48.